The topological polar surface area (TPSA) is 64.0 Å². The molecule has 0 atom stereocenters. The van der Waals surface area contributed by atoms with E-state index in [2.05, 4.69) is 10.3 Å². The van der Waals surface area contributed by atoms with Gasteiger partial charge in [0.15, 0.2) is 0 Å². The highest BCUT2D eigenvalue weighted by atomic mass is 35.5. The van der Waals surface area contributed by atoms with Crippen molar-refractivity contribution in [1.29, 1.82) is 0 Å². The van der Waals surface area contributed by atoms with Gasteiger partial charge in [-0.15, -0.1) is 11.3 Å². The number of aromatic nitrogens is 2. The second kappa shape index (κ2) is 7.82. The summed E-state index contributed by atoms with van der Waals surface area (Å²) in [6.45, 7) is 0.506. The van der Waals surface area contributed by atoms with Gasteiger partial charge in [0.05, 0.1) is 11.7 Å². The van der Waals surface area contributed by atoms with Crippen molar-refractivity contribution in [3.8, 4) is 0 Å². The maximum atomic E-state index is 12.9. The van der Waals surface area contributed by atoms with Crippen LogP contribution in [0.4, 0.5) is 0 Å². The van der Waals surface area contributed by atoms with E-state index in [1.54, 1.807) is 11.3 Å². The third-order valence-corrected chi connectivity index (χ3v) is 6.36. The number of halogens is 1. The summed E-state index contributed by atoms with van der Waals surface area (Å²) in [6, 6.07) is 7.55. The van der Waals surface area contributed by atoms with Crippen LogP contribution in [0.3, 0.4) is 0 Å². The van der Waals surface area contributed by atoms with E-state index in [-0.39, 0.29) is 18.0 Å². The number of thiophene rings is 1. The van der Waals surface area contributed by atoms with Crippen molar-refractivity contribution in [3.05, 3.63) is 62.0 Å². The minimum absolute atomic E-state index is 0.00693. The van der Waals surface area contributed by atoms with E-state index in [0.29, 0.717) is 23.4 Å². The van der Waals surface area contributed by atoms with Gasteiger partial charge in [0, 0.05) is 16.4 Å². The molecule has 1 amide bonds. The molecule has 2 heterocycles. The van der Waals surface area contributed by atoms with Crippen LogP contribution in [0.25, 0.3) is 10.2 Å². The fraction of sp³-hybridized carbons (Fsp3) is 0.350. The van der Waals surface area contributed by atoms with Crippen molar-refractivity contribution < 1.29 is 4.79 Å². The van der Waals surface area contributed by atoms with E-state index in [0.717, 1.165) is 35.2 Å². The van der Waals surface area contributed by atoms with Crippen LogP contribution in [0.1, 0.15) is 28.8 Å². The molecule has 5 nitrogen and oxygen atoms in total. The van der Waals surface area contributed by atoms with Gasteiger partial charge in [-0.25, -0.2) is 4.98 Å². The van der Waals surface area contributed by atoms with Crippen LogP contribution < -0.4 is 10.9 Å². The molecule has 3 aromatic rings. The fourth-order valence-electron chi connectivity index (χ4n) is 3.50. The minimum atomic E-state index is -0.184. The first kappa shape index (κ1) is 18.2. The van der Waals surface area contributed by atoms with Crippen molar-refractivity contribution in [2.24, 2.45) is 0 Å². The molecule has 7 heteroatoms. The average Bonchev–Trinajstić information content (AvgIpc) is 3.05. The van der Waals surface area contributed by atoms with Gasteiger partial charge in [0.25, 0.3) is 5.56 Å². The number of hydrogen-bond acceptors (Lipinski definition) is 4. The molecule has 0 spiro atoms. The molecular formula is C20H20ClN3O2S. The van der Waals surface area contributed by atoms with Crippen LogP contribution in [-0.2, 0) is 30.6 Å². The van der Waals surface area contributed by atoms with Gasteiger partial charge < -0.3 is 5.32 Å². The Morgan fingerprint density at radius 3 is 2.81 bits per heavy atom. The number of aryl methyl sites for hydroxylation is 2. The summed E-state index contributed by atoms with van der Waals surface area (Å²) in [5.41, 5.74) is 2.15. The lowest BCUT2D eigenvalue weighted by atomic mass is 9.97. The van der Waals surface area contributed by atoms with Gasteiger partial charge in [-0.1, -0.05) is 23.7 Å². The van der Waals surface area contributed by atoms with Crippen LogP contribution in [-0.4, -0.2) is 22.0 Å². The number of rotatable bonds is 5. The van der Waals surface area contributed by atoms with Crippen LogP contribution in [0.2, 0.25) is 5.02 Å². The Morgan fingerprint density at radius 2 is 2.00 bits per heavy atom. The Morgan fingerprint density at radius 1 is 1.22 bits per heavy atom. The van der Waals surface area contributed by atoms with Crippen LogP contribution >= 0.6 is 22.9 Å². The predicted molar refractivity (Wildman–Crippen MR) is 109 cm³/mol. The molecule has 1 aliphatic rings. The van der Waals surface area contributed by atoms with E-state index in [1.165, 1.54) is 22.2 Å². The molecule has 0 fully saturated rings. The Bertz CT molecular complexity index is 1040. The van der Waals surface area contributed by atoms with Gasteiger partial charge in [0.2, 0.25) is 5.91 Å². The van der Waals surface area contributed by atoms with E-state index in [4.69, 9.17) is 11.6 Å². The number of fused-ring (bicyclic) bond motifs is 3. The summed E-state index contributed by atoms with van der Waals surface area (Å²) in [5, 5.41) is 4.28. The zero-order chi connectivity index (χ0) is 18.8. The van der Waals surface area contributed by atoms with Gasteiger partial charge in [-0.05, 0) is 55.4 Å². The summed E-state index contributed by atoms with van der Waals surface area (Å²) in [7, 11) is 0. The Kier molecular flexibility index (Phi) is 5.27. The number of nitrogens with zero attached hydrogens (tertiary/aromatic N) is 2. The SMILES string of the molecule is O=C(Cn1cnc2sc3c(c2c1=O)CCCC3)NCCc1ccc(Cl)cc1. The maximum Gasteiger partial charge on any atom is 0.262 e. The highest BCUT2D eigenvalue weighted by molar-refractivity contribution is 7.18. The monoisotopic (exact) mass is 401 g/mol. The second-order valence-corrected chi connectivity index (χ2v) is 8.32. The first-order chi connectivity index (χ1) is 13.1. The normalized spacial score (nSPS) is 13.5. The lowest BCUT2D eigenvalue weighted by molar-refractivity contribution is -0.121. The molecule has 0 unspecified atom stereocenters. The molecule has 140 valence electrons. The third-order valence-electron chi connectivity index (χ3n) is 4.90. The smallest absolute Gasteiger partial charge is 0.262 e. The van der Waals surface area contributed by atoms with Gasteiger partial charge in [-0.2, -0.15) is 0 Å². The van der Waals surface area contributed by atoms with Crippen LogP contribution in [0.15, 0.2) is 35.4 Å². The quantitative estimate of drug-likeness (QED) is 0.713. The van der Waals surface area contributed by atoms with Crippen molar-refractivity contribution in [2.45, 2.75) is 38.6 Å². The Labute approximate surface area is 166 Å². The van der Waals surface area contributed by atoms with E-state index in [9.17, 15) is 9.59 Å². The number of amides is 1. The first-order valence-electron chi connectivity index (χ1n) is 9.12. The summed E-state index contributed by atoms with van der Waals surface area (Å²) < 4.78 is 1.42. The van der Waals surface area contributed by atoms with Crippen LogP contribution in [0.5, 0.6) is 0 Å². The standard InChI is InChI=1S/C20H20ClN3O2S/c21-14-7-5-13(6-8-14)9-10-22-17(25)11-24-12-23-19-18(20(24)26)15-3-1-2-4-16(15)27-19/h5-8,12H,1-4,9-11H2,(H,22,25). The summed E-state index contributed by atoms with van der Waals surface area (Å²) >= 11 is 7.49. The van der Waals surface area contributed by atoms with Gasteiger partial charge in [0.1, 0.15) is 11.4 Å². The minimum Gasteiger partial charge on any atom is -0.354 e. The average molecular weight is 402 g/mol. The lowest BCUT2D eigenvalue weighted by Crippen LogP contribution is -2.33. The second-order valence-electron chi connectivity index (χ2n) is 6.80. The summed E-state index contributed by atoms with van der Waals surface area (Å²) in [6.07, 6.45) is 6.45. The van der Waals surface area contributed by atoms with E-state index < -0.39 is 0 Å². The fourth-order valence-corrected chi connectivity index (χ4v) is 4.85. The molecule has 2 aromatic heterocycles. The number of hydrogen-bond donors (Lipinski definition) is 1. The largest absolute Gasteiger partial charge is 0.354 e. The molecule has 0 saturated carbocycles. The molecule has 27 heavy (non-hydrogen) atoms. The highest BCUT2D eigenvalue weighted by Crippen LogP contribution is 2.33. The maximum absolute atomic E-state index is 12.9. The van der Waals surface area contributed by atoms with Crippen molar-refractivity contribution in [2.75, 3.05) is 6.54 Å². The Hall–Kier alpha value is -2.18. The number of carbonyl (C=O) groups excluding carboxylic acids is 1. The molecule has 0 bridgehead atoms. The number of carbonyl (C=O) groups is 1. The number of nitrogens with one attached hydrogen (secondary N) is 1. The molecule has 1 aromatic carbocycles. The number of benzene rings is 1. The van der Waals surface area contributed by atoms with Crippen molar-refractivity contribution in [1.82, 2.24) is 14.9 Å². The molecular weight excluding hydrogens is 382 g/mol. The Balaban J connectivity index is 1.43. The van der Waals surface area contributed by atoms with Crippen molar-refractivity contribution in [3.63, 3.8) is 0 Å². The lowest BCUT2D eigenvalue weighted by Gasteiger charge is -2.10. The summed E-state index contributed by atoms with van der Waals surface area (Å²) in [4.78, 5) is 31.6. The van der Waals surface area contributed by atoms with Gasteiger partial charge in [-0.3, -0.25) is 14.2 Å². The predicted octanol–water partition coefficient (Wildman–Crippen LogP) is 3.35. The molecule has 0 radical (unpaired) electrons. The molecule has 1 aliphatic carbocycles. The van der Waals surface area contributed by atoms with Crippen LogP contribution in [0, 0.1) is 0 Å². The summed E-state index contributed by atoms with van der Waals surface area (Å²) in [5.74, 6) is -0.184. The third kappa shape index (κ3) is 3.92. The first-order valence-corrected chi connectivity index (χ1v) is 10.3. The van der Waals surface area contributed by atoms with E-state index >= 15 is 0 Å². The molecule has 0 aliphatic heterocycles. The molecule has 4 rings (SSSR count). The molecule has 1 N–H and O–H groups in total. The van der Waals surface area contributed by atoms with Gasteiger partial charge >= 0.3 is 0 Å². The van der Waals surface area contributed by atoms with Crippen molar-refractivity contribution >= 4 is 39.1 Å². The molecule has 0 saturated heterocycles. The zero-order valence-corrected chi connectivity index (χ0v) is 16.4. The zero-order valence-electron chi connectivity index (χ0n) is 14.8. The van der Waals surface area contributed by atoms with E-state index in [1.807, 2.05) is 24.3 Å². The highest BCUT2D eigenvalue weighted by Gasteiger charge is 2.20.